The van der Waals surface area contributed by atoms with Crippen molar-refractivity contribution in [1.82, 2.24) is 24.7 Å². The Hall–Kier alpha value is -5.16. The summed E-state index contributed by atoms with van der Waals surface area (Å²) >= 11 is 0. The fourth-order valence-electron chi connectivity index (χ4n) is 8.20. The monoisotopic (exact) mass is 746 g/mol. The van der Waals surface area contributed by atoms with Crippen LogP contribution >= 0.6 is 0 Å². The molecule has 3 aromatic carbocycles. The summed E-state index contributed by atoms with van der Waals surface area (Å²) in [6, 6.07) is 24.5. The first-order valence-electron chi connectivity index (χ1n) is 19.4. The van der Waals surface area contributed by atoms with Crippen LogP contribution in [0.5, 0.6) is 11.8 Å². The fourth-order valence-corrected chi connectivity index (χ4v) is 8.20. The summed E-state index contributed by atoms with van der Waals surface area (Å²) in [5.41, 5.74) is 4.02. The van der Waals surface area contributed by atoms with Crippen molar-refractivity contribution in [1.29, 1.82) is 5.26 Å². The number of fused-ring (bicyclic) bond motifs is 2. The third-order valence-corrected chi connectivity index (χ3v) is 11.5. The van der Waals surface area contributed by atoms with Gasteiger partial charge in [0.15, 0.2) is 6.79 Å². The maximum Gasteiger partial charge on any atom is 0.410 e. The van der Waals surface area contributed by atoms with E-state index in [1.165, 1.54) is 0 Å². The van der Waals surface area contributed by atoms with Crippen LogP contribution in [-0.2, 0) is 29.0 Å². The number of carbonyl (C=O) groups is 1. The summed E-state index contributed by atoms with van der Waals surface area (Å²) in [4.78, 5) is 34.9. The minimum absolute atomic E-state index is 0.0257. The molecule has 0 spiro atoms. The highest BCUT2D eigenvalue weighted by atomic mass is 16.7. The first-order valence-corrected chi connectivity index (χ1v) is 19.4. The number of likely N-dealkylation sites (N-methyl/N-ethyl adjacent to an activating group) is 1. The molecular weight excluding hydrogens is 697 g/mol. The summed E-state index contributed by atoms with van der Waals surface area (Å²) in [5.74, 6) is 1.57. The van der Waals surface area contributed by atoms with Crippen molar-refractivity contribution in [2.24, 2.45) is 0 Å². The number of nitriles is 1. The lowest BCUT2D eigenvalue weighted by Crippen LogP contribution is -2.56. The maximum absolute atomic E-state index is 13.4. The van der Waals surface area contributed by atoms with E-state index in [4.69, 9.17) is 28.9 Å². The van der Waals surface area contributed by atoms with E-state index >= 15 is 0 Å². The highest BCUT2D eigenvalue weighted by Crippen LogP contribution is 2.43. The topological polar surface area (TPSA) is 120 Å². The van der Waals surface area contributed by atoms with Crippen molar-refractivity contribution in [3.63, 3.8) is 0 Å². The smallest absolute Gasteiger partial charge is 0.410 e. The Kier molecular flexibility index (Phi) is 10.9. The largest absolute Gasteiger partial charge is 0.467 e. The molecule has 4 heterocycles. The van der Waals surface area contributed by atoms with E-state index < -0.39 is 6.09 Å². The number of hydrogen-bond donors (Lipinski definition) is 0. The third kappa shape index (κ3) is 8.12. The molecule has 0 bridgehead atoms. The van der Waals surface area contributed by atoms with Gasteiger partial charge in [0.25, 0.3) is 0 Å². The molecular formula is C42H50N8O5. The van der Waals surface area contributed by atoms with Gasteiger partial charge in [-0.3, -0.25) is 4.90 Å². The quantitative estimate of drug-likeness (QED) is 0.180. The summed E-state index contributed by atoms with van der Waals surface area (Å²) in [7, 11) is 3.80. The molecule has 0 radical (unpaired) electrons. The third-order valence-electron chi connectivity index (χ3n) is 11.5. The minimum atomic E-state index is -0.407. The second-order valence-electron chi connectivity index (χ2n) is 15.1. The molecule has 1 aromatic heterocycles. The van der Waals surface area contributed by atoms with Gasteiger partial charge in [0.1, 0.15) is 24.8 Å². The van der Waals surface area contributed by atoms with E-state index in [1.807, 2.05) is 42.5 Å². The van der Waals surface area contributed by atoms with Crippen molar-refractivity contribution >= 4 is 28.4 Å². The highest BCUT2D eigenvalue weighted by Gasteiger charge is 2.49. The van der Waals surface area contributed by atoms with Crippen LogP contribution in [0.25, 0.3) is 10.8 Å². The summed E-state index contributed by atoms with van der Waals surface area (Å²) in [6.07, 6.45) is 2.71. The van der Waals surface area contributed by atoms with E-state index in [1.54, 1.807) is 12.0 Å². The average Bonchev–Trinajstić information content (AvgIpc) is 4.02. The van der Waals surface area contributed by atoms with Gasteiger partial charge >= 0.3 is 12.1 Å². The standard InChI is InChI=1S/C42H50N8O5/c1-46-18-21-49(22-19-46)42(14-15-42)29-54-40-44-37-27-47(38-25-34(55-30-52-2)24-32-10-6-7-11-35(32)38)17-13-36(37)39(45-40)48-20-23-50(33(26-48)12-16-43)41(51)53-28-31-8-4-3-5-9-31/h3-11,24-25,33H,12-15,17-23,26-30H2,1-2H3/t33-/m0/s1. The Bertz CT molecular complexity index is 2010. The molecule has 1 atom stereocenters. The van der Waals surface area contributed by atoms with E-state index in [9.17, 15) is 10.1 Å². The van der Waals surface area contributed by atoms with E-state index in [0.29, 0.717) is 38.8 Å². The summed E-state index contributed by atoms with van der Waals surface area (Å²) in [6.45, 7) is 7.79. The molecule has 0 unspecified atom stereocenters. The van der Waals surface area contributed by atoms with E-state index in [2.05, 4.69) is 57.0 Å². The molecule has 1 saturated carbocycles. The van der Waals surface area contributed by atoms with Crippen LogP contribution in [0.15, 0.2) is 66.7 Å². The van der Waals surface area contributed by atoms with Crippen LogP contribution in [-0.4, -0.2) is 122 Å². The molecule has 3 fully saturated rings. The van der Waals surface area contributed by atoms with Gasteiger partial charge in [0, 0.05) is 82.2 Å². The molecule has 4 aliphatic rings. The van der Waals surface area contributed by atoms with E-state index in [0.717, 1.165) is 96.8 Å². The molecule has 13 nitrogen and oxygen atoms in total. The predicted octanol–water partition coefficient (Wildman–Crippen LogP) is 5.08. The van der Waals surface area contributed by atoms with Crippen LogP contribution in [0.3, 0.4) is 0 Å². The Morgan fingerprint density at radius 1 is 0.927 bits per heavy atom. The molecule has 4 aromatic rings. The molecule has 288 valence electrons. The van der Waals surface area contributed by atoms with Gasteiger partial charge < -0.3 is 38.5 Å². The molecule has 3 aliphatic heterocycles. The minimum Gasteiger partial charge on any atom is -0.467 e. The lowest BCUT2D eigenvalue weighted by Gasteiger charge is -2.42. The Morgan fingerprint density at radius 2 is 1.73 bits per heavy atom. The lowest BCUT2D eigenvalue weighted by atomic mass is 10.0. The molecule has 13 heteroatoms. The zero-order chi connectivity index (χ0) is 37.8. The maximum atomic E-state index is 13.4. The molecule has 1 amide bonds. The van der Waals surface area contributed by atoms with Crippen molar-refractivity contribution in [3.05, 3.63) is 83.6 Å². The van der Waals surface area contributed by atoms with Gasteiger partial charge in [-0.05, 0) is 43.3 Å². The average molecular weight is 747 g/mol. The Balaban J connectivity index is 1.07. The number of anilines is 2. The zero-order valence-corrected chi connectivity index (χ0v) is 31.9. The number of benzene rings is 3. The summed E-state index contributed by atoms with van der Waals surface area (Å²) in [5, 5.41) is 12.1. The number of aromatic nitrogens is 2. The normalized spacial score (nSPS) is 19.8. The molecule has 55 heavy (non-hydrogen) atoms. The number of ether oxygens (including phenoxy) is 4. The Labute approximate surface area is 322 Å². The predicted molar refractivity (Wildman–Crippen MR) is 209 cm³/mol. The van der Waals surface area contributed by atoms with Crippen LogP contribution in [0.4, 0.5) is 16.3 Å². The van der Waals surface area contributed by atoms with Crippen LogP contribution in [0.1, 0.15) is 36.1 Å². The molecule has 0 N–H and O–H groups in total. The number of methoxy groups -OCH3 is 1. The zero-order valence-electron chi connectivity index (χ0n) is 31.9. The molecule has 8 rings (SSSR count). The number of amides is 1. The van der Waals surface area contributed by atoms with Gasteiger partial charge in [0.05, 0.1) is 36.3 Å². The number of hydrogen-bond acceptors (Lipinski definition) is 12. The van der Waals surface area contributed by atoms with Crippen LogP contribution in [0.2, 0.25) is 0 Å². The molecule has 1 aliphatic carbocycles. The van der Waals surface area contributed by atoms with Crippen LogP contribution < -0.4 is 19.3 Å². The van der Waals surface area contributed by atoms with Gasteiger partial charge in [-0.15, -0.1) is 0 Å². The first kappa shape index (κ1) is 36.8. The first-order chi connectivity index (χ1) is 26.9. The second kappa shape index (κ2) is 16.3. The van der Waals surface area contributed by atoms with Crippen molar-refractivity contribution in [2.75, 3.05) is 89.7 Å². The van der Waals surface area contributed by atoms with Crippen molar-refractivity contribution in [2.45, 2.75) is 50.4 Å². The summed E-state index contributed by atoms with van der Waals surface area (Å²) < 4.78 is 23.5. The number of carbonyl (C=O) groups excluding carboxylic acids is 1. The lowest BCUT2D eigenvalue weighted by molar-refractivity contribution is 0.0512. The molecule has 2 saturated heterocycles. The number of rotatable bonds is 12. The van der Waals surface area contributed by atoms with Gasteiger partial charge in [0.2, 0.25) is 0 Å². The fraction of sp³-hybridized carbons (Fsp3) is 0.476. The number of nitrogens with zero attached hydrogens (tertiary/aromatic N) is 8. The van der Waals surface area contributed by atoms with Gasteiger partial charge in [-0.1, -0.05) is 54.6 Å². The van der Waals surface area contributed by atoms with Crippen molar-refractivity contribution in [3.8, 4) is 17.8 Å². The van der Waals surface area contributed by atoms with Crippen molar-refractivity contribution < 1.29 is 23.7 Å². The number of piperazine rings is 2. The van der Waals surface area contributed by atoms with E-state index in [-0.39, 0.29) is 31.4 Å². The van der Waals surface area contributed by atoms with Gasteiger partial charge in [-0.2, -0.15) is 15.2 Å². The SMILES string of the molecule is COCOc1cc(N2CCc3c(nc(OCC4(N5CCN(C)CC5)CC4)nc3N3CCN(C(=O)OCc4ccccc4)[C@@H](CC#N)C3)C2)c2ccccc2c1. The van der Waals surface area contributed by atoms with Crippen LogP contribution in [0, 0.1) is 11.3 Å². The van der Waals surface area contributed by atoms with Gasteiger partial charge in [-0.25, -0.2) is 4.79 Å². The second-order valence-corrected chi connectivity index (χ2v) is 15.1. The Morgan fingerprint density at radius 3 is 2.51 bits per heavy atom. The highest BCUT2D eigenvalue weighted by molar-refractivity contribution is 5.95.